The number of hydrogen-bond acceptors (Lipinski definition) is 5. The van der Waals surface area contributed by atoms with Crippen LogP contribution in [-0.2, 0) is 23.1 Å². The molecule has 1 heterocycles. The molecule has 1 aliphatic rings. The second-order valence-corrected chi connectivity index (χ2v) is 6.76. The van der Waals surface area contributed by atoms with Crippen LogP contribution in [0.25, 0.3) is 5.69 Å². The summed E-state index contributed by atoms with van der Waals surface area (Å²) in [6.07, 6.45) is 3.18. The summed E-state index contributed by atoms with van der Waals surface area (Å²) in [5.74, 6) is 1.77. The van der Waals surface area contributed by atoms with Crippen molar-refractivity contribution in [3.63, 3.8) is 0 Å². The van der Waals surface area contributed by atoms with Gasteiger partial charge in [0, 0.05) is 6.42 Å². The van der Waals surface area contributed by atoms with Crippen LogP contribution < -0.4 is 5.14 Å². The van der Waals surface area contributed by atoms with E-state index < -0.39 is 10.0 Å². The molecule has 8 heteroatoms. The van der Waals surface area contributed by atoms with Gasteiger partial charge in [-0.25, -0.2) is 23.2 Å². The molecule has 1 aliphatic carbocycles. The molecule has 0 bridgehead atoms. The Labute approximate surface area is 122 Å². The van der Waals surface area contributed by atoms with Gasteiger partial charge in [0.25, 0.3) is 0 Å². The predicted octanol–water partition coefficient (Wildman–Crippen LogP) is 0.359. The molecule has 0 aliphatic heterocycles. The Morgan fingerprint density at radius 1 is 1.29 bits per heavy atom. The molecule has 2 aromatic rings. The minimum Gasteiger partial charge on any atom is -0.388 e. The van der Waals surface area contributed by atoms with Crippen molar-refractivity contribution in [3.05, 3.63) is 35.9 Å². The second kappa shape index (κ2) is 5.21. The Bertz CT molecular complexity index is 748. The Balaban J connectivity index is 1.96. The Kier molecular flexibility index (Phi) is 3.52. The van der Waals surface area contributed by atoms with Gasteiger partial charge in [-0.1, -0.05) is 0 Å². The summed E-state index contributed by atoms with van der Waals surface area (Å²) in [7, 11) is -3.71. The van der Waals surface area contributed by atoms with E-state index in [-0.39, 0.29) is 11.5 Å². The van der Waals surface area contributed by atoms with E-state index in [1.165, 1.54) is 25.0 Å². The lowest BCUT2D eigenvalue weighted by molar-refractivity contribution is 0.271. The fourth-order valence-corrected chi connectivity index (χ4v) is 2.67. The molecule has 0 spiro atoms. The van der Waals surface area contributed by atoms with Gasteiger partial charge in [0.15, 0.2) is 5.82 Å². The standard InChI is InChI=1S/C13H16N4O3S/c14-21(19,20)11-5-3-10(4-6-11)17-13(7-9-1-2-9)15-12(8-18)16-17/h3-6,9,18H,1-2,7-8H2,(H2,14,19,20). The average molecular weight is 308 g/mol. The van der Waals surface area contributed by atoms with Crippen LogP contribution in [0.2, 0.25) is 0 Å². The first-order valence-electron chi connectivity index (χ1n) is 6.66. The van der Waals surface area contributed by atoms with E-state index >= 15 is 0 Å². The van der Waals surface area contributed by atoms with Crippen molar-refractivity contribution in [1.29, 1.82) is 0 Å². The molecule has 0 radical (unpaired) electrons. The maximum Gasteiger partial charge on any atom is 0.238 e. The summed E-state index contributed by atoms with van der Waals surface area (Å²) in [5.41, 5.74) is 0.699. The topological polar surface area (TPSA) is 111 Å². The van der Waals surface area contributed by atoms with Crippen LogP contribution in [0.15, 0.2) is 29.2 Å². The van der Waals surface area contributed by atoms with Gasteiger partial charge >= 0.3 is 0 Å². The van der Waals surface area contributed by atoms with Crippen LogP contribution in [0.3, 0.4) is 0 Å². The lowest BCUT2D eigenvalue weighted by Crippen LogP contribution is -2.12. The summed E-state index contributed by atoms with van der Waals surface area (Å²) < 4.78 is 24.2. The SMILES string of the molecule is NS(=O)(=O)c1ccc(-n2nc(CO)nc2CC2CC2)cc1. The highest BCUT2D eigenvalue weighted by molar-refractivity contribution is 7.89. The van der Waals surface area contributed by atoms with Gasteiger partial charge in [0.05, 0.1) is 10.6 Å². The number of benzene rings is 1. The molecule has 0 amide bonds. The molecule has 3 rings (SSSR count). The number of aromatic nitrogens is 3. The first kappa shape index (κ1) is 14.2. The van der Waals surface area contributed by atoms with E-state index in [1.807, 2.05) is 0 Å². The third-order valence-corrected chi connectivity index (χ3v) is 4.37. The van der Waals surface area contributed by atoms with E-state index in [1.54, 1.807) is 16.8 Å². The number of nitrogens with two attached hydrogens (primary N) is 1. The van der Waals surface area contributed by atoms with Crippen molar-refractivity contribution < 1.29 is 13.5 Å². The number of primary sulfonamides is 1. The van der Waals surface area contributed by atoms with Crippen LogP contribution >= 0.6 is 0 Å². The largest absolute Gasteiger partial charge is 0.388 e. The molecule has 0 unspecified atom stereocenters. The number of sulfonamides is 1. The molecular weight excluding hydrogens is 292 g/mol. The van der Waals surface area contributed by atoms with Gasteiger partial charge < -0.3 is 5.11 Å². The van der Waals surface area contributed by atoms with E-state index in [2.05, 4.69) is 10.1 Å². The molecule has 1 saturated carbocycles. The number of nitrogens with zero attached hydrogens (tertiary/aromatic N) is 3. The van der Waals surface area contributed by atoms with Gasteiger partial charge in [-0.3, -0.25) is 0 Å². The highest BCUT2D eigenvalue weighted by atomic mass is 32.2. The van der Waals surface area contributed by atoms with Crippen molar-refractivity contribution >= 4 is 10.0 Å². The summed E-state index contributed by atoms with van der Waals surface area (Å²) in [6.45, 7) is -0.222. The highest BCUT2D eigenvalue weighted by Gasteiger charge is 2.25. The van der Waals surface area contributed by atoms with Gasteiger partial charge in [-0.2, -0.15) is 0 Å². The van der Waals surface area contributed by atoms with Gasteiger partial charge in [0.2, 0.25) is 10.0 Å². The van der Waals surface area contributed by atoms with Crippen molar-refractivity contribution in [3.8, 4) is 5.69 Å². The number of aliphatic hydroxyl groups excluding tert-OH is 1. The normalized spacial score (nSPS) is 15.3. The van der Waals surface area contributed by atoms with E-state index in [4.69, 9.17) is 5.14 Å². The van der Waals surface area contributed by atoms with E-state index in [0.717, 1.165) is 12.2 Å². The van der Waals surface area contributed by atoms with E-state index in [0.29, 0.717) is 17.4 Å². The second-order valence-electron chi connectivity index (χ2n) is 5.20. The smallest absolute Gasteiger partial charge is 0.238 e. The average Bonchev–Trinajstić information content (AvgIpc) is 3.16. The van der Waals surface area contributed by atoms with Crippen LogP contribution in [0.5, 0.6) is 0 Å². The lowest BCUT2D eigenvalue weighted by atomic mass is 10.2. The molecule has 0 saturated heterocycles. The first-order chi connectivity index (χ1) is 9.97. The molecule has 21 heavy (non-hydrogen) atoms. The molecule has 7 nitrogen and oxygen atoms in total. The summed E-state index contributed by atoms with van der Waals surface area (Å²) in [4.78, 5) is 4.37. The fraction of sp³-hybridized carbons (Fsp3) is 0.385. The zero-order valence-corrected chi connectivity index (χ0v) is 12.1. The minimum absolute atomic E-state index is 0.0532. The fourth-order valence-electron chi connectivity index (χ4n) is 2.15. The maximum absolute atomic E-state index is 11.3. The molecule has 112 valence electrons. The molecular formula is C13H16N4O3S. The Hall–Kier alpha value is -1.77. The predicted molar refractivity (Wildman–Crippen MR) is 75.1 cm³/mol. The number of hydrogen-bond donors (Lipinski definition) is 2. The maximum atomic E-state index is 11.3. The zero-order chi connectivity index (χ0) is 15.0. The number of aliphatic hydroxyl groups is 1. The van der Waals surface area contributed by atoms with E-state index in [9.17, 15) is 13.5 Å². The molecule has 1 fully saturated rings. The third kappa shape index (κ3) is 3.12. The van der Waals surface area contributed by atoms with Crippen LogP contribution in [0, 0.1) is 5.92 Å². The quantitative estimate of drug-likeness (QED) is 0.828. The summed E-state index contributed by atoms with van der Waals surface area (Å²) >= 11 is 0. The van der Waals surface area contributed by atoms with Crippen LogP contribution in [0.4, 0.5) is 0 Å². The summed E-state index contributed by atoms with van der Waals surface area (Å²) in [6, 6.07) is 6.13. The summed E-state index contributed by atoms with van der Waals surface area (Å²) in [5, 5.41) is 18.5. The van der Waals surface area contributed by atoms with Gasteiger partial charge in [0.1, 0.15) is 12.4 Å². The lowest BCUT2D eigenvalue weighted by Gasteiger charge is -2.06. The minimum atomic E-state index is -3.71. The molecule has 3 N–H and O–H groups in total. The monoisotopic (exact) mass is 308 g/mol. The van der Waals surface area contributed by atoms with Crippen molar-refractivity contribution in [2.24, 2.45) is 11.1 Å². The molecule has 0 atom stereocenters. The van der Waals surface area contributed by atoms with Gasteiger partial charge in [-0.05, 0) is 43.0 Å². The van der Waals surface area contributed by atoms with Crippen molar-refractivity contribution in [2.45, 2.75) is 30.8 Å². The van der Waals surface area contributed by atoms with Gasteiger partial charge in [-0.15, -0.1) is 5.10 Å². The number of rotatable bonds is 5. The molecule has 1 aromatic carbocycles. The molecule has 1 aromatic heterocycles. The van der Waals surface area contributed by atoms with Crippen molar-refractivity contribution in [1.82, 2.24) is 14.8 Å². The van der Waals surface area contributed by atoms with Crippen LogP contribution in [-0.4, -0.2) is 28.3 Å². The van der Waals surface area contributed by atoms with Crippen molar-refractivity contribution in [2.75, 3.05) is 0 Å². The zero-order valence-electron chi connectivity index (χ0n) is 11.3. The first-order valence-corrected chi connectivity index (χ1v) is 8.21. The van der Waals surface area contributed by atoms with Crippen LogP contribution in [0.1, 0.15) is 24.5 Å². The Morgan fingerprint density at radius 2 is 1.95 bits per heavy atom. The Morgan fingerprint density at radius 3 is 2.48 bits per heavy atom. The third-order valence-electron chi connectivity index (χ3n) is 3.44. The highest BCUT2D eigenvalue weighted by Crippen LogP contribution is 2.32.